The Morgan fingerprint density at radius 2 is 1.65 bits per heavy atom. The monoisotopic (exact) mass is 569 g/mol. The first-order valence-corrected chi connectivity index (χ1v) is 13.7. The number of anilines is 1. The van der Waals surface area contributed by atoms with Crippen LogP contribution < -0.4 is 20.1 Å². The molecule has 208 valence electrons. The molecule has 0 unspecified atom stereocenters. The molecule has 13 heteroatoms. The van der Waals surface area contributed by atoms with Crippen LogP contribution in [0.3, 0.4) is 0 Å². The quantitative estimate of drug-likeness (QED) is 0.432. The maximum absolute atomic E-state index is 14.5. The molecule has 0 saturated heterocycles. The van der Waals surface area contributed by atoms with E-state index < -0.39 is 51.3 Å². The number of esters is 1. The first-order valence-electron chi connectivity index (χ1n) is 12.2. The fourth-order valence-electron chi connectivity index (χ4n) is 4.41. The third-order valence-corrected chi connectivity index (χ3v) is 8.19. The summed E-state index contributed by atoms with van der Waals surface area (Å²) in [6.07, 6.45) is -0.0467. The highest BCUT2D eigenvalue weighted by molar-refractivity contribution is 7.89. The molecule has 2 heterocycles. The van der Waals surface area contributed by atoms with Gasteiger partial charge in [-0.3, -0.25) is 14.9 Å². The molecular formula is C27H24FN3O8S. The maximum atomic E-state index is 14.5. The first kappa shape index (κ1) is 27.1. The minimum Gasteiger partial charge on any atom is -0.486 e. The summed E-state index contributed by atoms with van der Waals surface area (Å²) in [5.41, 5.74) is 1.70. The van der Waals surface area contributed by atoms with Gasteiger partial charge in [-0.05, 0) is 35.4 Å². The molecule has 3 aromatic carbocycles. The van der Waals surface area contributed by atoms with Gasteiger partial charge in [-0.2, -0.15) is 4.31 Å². The predicted molar refractivity (Wildman–Crippen MR) is 139 cm³/mol. The van der Waals surface area contributed by atoms with Crippen molar-refractivity contribution in [3.8, 4) is 11.5 Å². The van der Waals surface area contributed by atoms with Crippen LogP contribution in [0.2, 0.25) is 0 Å². The number of sulfonamides is 1. The van der Waals surface area contributed by atoms with Crippen LogP contribution in [-0.2, 0) is 37.3 Å². The molecule has 3 amide bonds. The summed E-state index contributed by atoms with van der Waals surface area (Å²) in [6.45, 7) is -0.276. The molecule has 5 rings (SSSR count). The highest BCUT2D eigenvalue weighted by atomic mass is 32.2. The number of hydrogen-bond donors (Lipinski definition) is 2. The number of imide groups is 1. The number of carbonyl (C=O) groups is 3. The Morgan fingerprint density at radius 1 is 0.950 bits per heavy atom. The van der Waals surface area contributed by atoms with Gasteiger partial charge < -0.3 is 19.5 Å². The van der Waals surface area contributed by atoms with Gasteiger partial charge in [-0.25, -0.2) is 17.6 Å². The zero-order chi connectivity index (χ0) is 28.3. The second kappa shape index (κ2) is 11.3. The summed E-state index contributed by atoms with van der Waals surface area (Å²) >= 11 is 0. The van der Waals surface area contributed by atoms with Crippen molar-refractivity contribution in [3.05, 3.63) is 83.7 Å². The van der Waals surface area contributed by atoms with E-state index in [0.717, 1.165) is 16.4 Å². The van der Waals surface area contributed by atoms with Gasteiger partial charge in [0.05, 0.1) is 0 Å². The molecule has 0 radical (unpaired) electrons. The van der Waals surface area contributed by atoms with Crippen molar-refractivity contribution in [1.82, 2.24) is 9.62 Å². The van der Waals surface area contributed by atoms with E-state index in [0.29, 0.717) is 41.5 Å². The maximum Gasteiger partial charge on any atom is 0.325 e. The number of hydrogen-bond acceptors (Lipinski definition) is 8. The molecule has 0 bridgehead atoms. The van der Waals surface area contributed by atoms with Crippen molar-refractivity contribution in [1.29, 1.82) is 0 Å². The molecule has 11 nitrogen and oxygen atoms in total. The molecule has 2 N–H and O–H groups in total. The lowest BCUT2D eigenvalue weighted by atomic mass is 9.96. The van der Waals surface area contributed by atoms with E-state index in [1.54, 1.807) is 36.4 Å². The van der Waals surface area contributed by atoms with Gasteiger partial charge >= 0.3 is 12.0 Å². The summed E-state index contributed by atoms with van der Waals surface area (Å²) in [5.74, 6) is -1.96. The van der Waals surface area contributed by atoms with Gasteiger partial charge in [0.1, 0.15) is 30.0 Å². The van der Waals surface area contributed by atoms with Crippen LogP contribution in [0.1, 0.15) is 11.1 Å². The molecule has 0 aliphatic carbocycles. The number of carbonyl (C=O) groups excluding carboxylic acids is 3. The number of nitrogens with zero attached hydrogens (tertiary/aromatic N) is 1. The van der Waals surface area contributed by atoms with Crippen molar-refractivity contribution >= 4 is 33.6 Å². The van der Waals surface area contributed by atoms with Crippen molar-refractivity contribution in [2.24, 2.45) is 0 Å². The molecule has 2 aliphatic heterocycles. The number of urea groups is 1. The van der Waals surface area contributed by atoms with Crippen LogP contribution >= 0.6 is 0 Å². The summed E-state index contributed by atoms with van der Waals surface area (Å²) in [7, 11) is -4.45. The van der Waals surface area contributed by atoms with Crippen molar-refractivity contribution in [2.75, 3.05) is 25.1 Å². The SMILES string of the molecule is O=C(COC(=O)[C@H]1Cc2ccccc2CN1S(=O)(=O)c1ccccc1F)NC(=O)Nc1ccc2c(c1)OCCO2. The molecule has 0 spiro atoms. The second-order valence-corrected chi connectivity index (χ2v) is 10.8. The van der Waals surface area contributed by atoms with Gasteiger partial charge in [-0.1, -0.05) is 36.4 Å². The van der Waals surface area contributed by atoms with E-state index in [4.69, 9.17) is 14.2 Å². The molecule has 0 aromatic heterocycles. The van der Waals surface area contributed by atoms with Crippen molar-refractivity contribution < 1.29 is 41.4 Å². The summed E-state index contributed by atoms with van der Waals surface area (Å²) in [5, 5.41) is 4.50. The standard InChI is InChI=1S/C27H24FN3O8S/c28-20-7-3-4-8-24(20)40(35,36)31-15-18-6-2-1-5-17(18)13-21(31)26(33)39-16-25(32)30-27(34)29-19-9-10-22-23(14-19)38-12-11-37-22/h1-10,14,21H,11-13,15-16H2,(H2,29,30,32,34)/t21-/m1/s1. The lowest BCUT2D eigenvalue weighted by Crippen LogP contribution is -2.50. The average Bonchev–Trinajstić information content (AvgIpc) is 2.95. The zero-order valence-corrected chi connectivity index (χ0v) is 21.8. The van der Waals surface area contributed by atoms with Gasteiger partial charge in [0.2, 0.25) is 10.0 Å². The van der Waals surface area contributed by atoms with Gasteiger partial charge in [-0.15, -0.1) is 0 Å². The topological polar surface area (TPSA) is 140 Å². The Balaban J connectivity index is 1.24. The van der Waals surface area contributed by atoms with Crippen LogP contribution in [0.4, 0.5) is 14.9 Å². The largest absolute Gasteiger partial charge is 0.486 e. The summed E-state index contributed by atoms with van der Waals surface area (Å²) < 4.78 is 58.1. The normalized spacial score (nSPS) is 16.4. The highest BCUT2D eigenvalue weighted by Crippen LogP contribution is 2.33. The number of fused-ring (bicyclic) bond motifs is 2. The van der Waals surface area contributed by atoms with E-state index in [1.807, 2.05) is 5.32 Å². The summed E-state index contributed by atoms with van der Waals surface area (Å²) in [6, 6.07) is 14.3. The number of amides is 3. The second-order valence-electron chi connectivity index (χ2n) is 8.94. The van der Waals surface area contributed by atoms with Gasteiger partial charge in [0.15, 0.2) is 18.1 Å². The number of halogens is 1. The van der Waals surface area contributed by atoms with Crippen LogP contribution in [0.15, 0.2) is 71.6 Å². The fraction of sp³-hybridized carbons (Fsp3) is 0.222. The molecule has 0 fully saturated rings. The van der Waals surface area contributed by atoms with Crippen LogP contribution in [0, 0.1) is 5.82 Å². The smallest absolute Gasteiger partial charge is 0.325 e. The van der Waals surface area contributed by atoms with E-state index in [1.165, 1.54) is 18.2 Å². The molecule has 3 aromatic rings. The first-order chi connectivity index (χ1) is 19.2. The van der Waals surface area contributed by atoms with E-state index in [2.05, 4.69) is 5.32 Å². The minimum atomic E-state index is -4.45. The number of ether oxygens (including phenoxy) is 3. The number of rotatable bonds is 6. The Kier molecular flexibility index (Phi) is 7.67. The van der Waals surface area contributed by atoms with Crippen LogP contribution in [0.5, 0.6) is 11.5 Å². The zero-order valence-electron chi connectivity index (χ0n) is 21.0. The molecule has 40 heavy (non-hydrogen) atoms. The minimum absolute atomic E-state index is 0.0467. The van der Waals surface area contributed by atoms with E-state index in [-0.39, 0.29) is 13.0 Å². The third-order valence-electron chi connectivity index (χ3n) is 6.30. The highest BCUT2D eigenvalue weighted by Gasteiger charge is 2.41. The molecule has 2 aliphatic rings. The Morgan fingerprint density at radius 3 is 2.42 bits per heavy atom. The number of nitrogens with one attached hydrogen (secondary N) is 2. The van der Waals surface area contributed by atoms with Crippen molar-refractivity contribution in [2.45, 2.75) is 23.9 Å². The van der Waals surface area contributed by atoms with Crippen LogP contribution in [0.25, 0.3) is 0 Å². The third kappa shape index (κ3) is 5.75. The lowest BCUT2D eigenvalue weighted by molar-refractivity contribution is -0.152. The molecule has 1 atom stereocenters. The Bertz CT molecular complexity index is 1580. The lowest BCUT2D eigenvalue weighted by Gasteiger charge is -2.34. The van der Waals surface area contributed by atoms with Gasteiger partial charge in [0.25, 0.3) is 5.91 Å². The van der Waals surface area contributed by atoms with E-state index in [9.17, 15) is 27.2 Å². The predicted octanol–water partition coefficient (Wildman–Crippen LogP) is 2.60. The van der Waals surface area contributed by atoms with Gasteiger partial charge in [0, 0.05) is 24.7 Å². The average molecular weight is 570 g/mol. The molecular weight excluding hydrogens is 545 g/mol. The number of benzene rings is 3. The Hall–Kier alpha value is -4.49. The molecule has 0 saturated carbocycles. The van der Waals surface area contributed by atoms with Crippen molar-refractivity contribution in [3.63, 3.8) is 0 Å². The Labute approximate surface area is 228 Å². The van der Waals surface area contributed by atoms with E-state index >= 15 is 0 Å². The fourth-order valence-corrected chi connectivity index (χ4v) is 6.03. The van der Waals surface area contributed by atoms with Crippen LogP contribution in [-0.4, -0.2) is 56.5 Å². The summed E-state index contributed by atoms with van der Waals surface area (Å²) in [4.78, 5) is 37.1.